The van der Waals surface area contributed by atoms with E-state index in [1.807, 2.05) is 25.4 Å². The van der Waals surface area contributed by atoms with Gasteiger partial charge in [-0.15, -0.1) is 0 Å². The Morgan fingerprint density at radius 3 is 2.84 bits per heavy atom. The molecule has 0 radical (unpaired) electrons. The van der Waals surface area contributed by atoms with Crippen LogP contribution >= 0.6 is 0 Å². The number of benzene rings is 1. The maximum absolute atomic E-state index is 5.33. The van der Waals surface area contributed by atoms with E-state index in [1.165, 1.54) is 5.69 Å². The van der Waals surface area contributed by atoms with Gasteiger partial charge in [-0.3, -0.25) is 4.68 Å². The first-order valence-electron chi connectivity index (χ1n) is 8.53. The molecule has 7 heteroatoms. The molecule has 2 aromatic heterocycles. The Hall–Kier alpha value is -2.83. The number of aromatic nitrogens is 4. The fraction of sp³-hybridized carbons (Fsp3) is 0.389. The largest absolute Gasteiger partial charge is 0.497 e. The number of fused-ring (bicyclic) bond motifs is 1. The maximum Gasteiger partial charge on any atom is 0.163 e. The topological polar surface area (TPSA) is 68.1 Å². The van der Waals surface area contributed by atoms with Crippen LogP contribution in [0.25, 0.3) is 11.0 Å². The second kappa shape index (κ2) is 6.58. The Morgan fingerprint density at radius 1 is 1.20 bits per heavy atom. The molecular formula is C18H22N6O. The van der Waals surface area contributed by atoms with Gasteiger partial charge in [-0.1, -0.05) is 6.07 Å². The van der Waals surface area contributed by atoms with Crippen LogP contribution in [0.15, 0.2) is 36.8 Å². The highest BCUT2D eigenvalue weighted by Crippen LogP contribution is 2.26. The van der Waals surface area contributed by atoms with Gasteiger partial charge in [-0.05, 0) is 25.0 Å². The summed E-state index contributed by atoms with van der Waals surface area (Å²) in [5, 5.41) is 8.82. The highest BCUT2D eigenvalue weighted by molar-refractivity contribution is 5.86. The SMILES string of the molecule is COc1cccc(N2CCC(Nc3ncnc4c3cnn4C)CC2)c1. The Balaban J connectivity index is 1.43. The van der Waals surface area contributed by atoms with Crippen molar-refractivity contribution in [1.29, 1.82) is 0 Å². The number of aryl methyl sites for hydroxylation is 1. The average Bonchev–Trinajstić information content (AvgIpc) is 3.05. The fourth-order valence-corrected chi connectivity index (χ4v) is 3.36. The third-order valence-corrected chi connectivity index (χ3v) is 4.78. The third-order valence-electron chi connectivity index (χ3n) is 4.78. The van der Waals surface area contributed by atoms with Crippen molar-refractivity contribution in [3.8, 4) is 5.75 Å². The minimum absolute atomic E-state index is 0.403. The van der Waals surface area contributed by atoms with Gasteiger partial charge in [0.15, 0.2) is 5.65 Å². The number of nitrogens with zero attached hydrogens (tertiary/aromatic N) is 5. The molecule has 0 unspecified atom stereocenters. The highest BCUT2D eigenvalue weighted by Gasteiger charge is 2.21. The molecule has 1 N–H and O–H groups in total. The molecule has 0 atom stereocenters. The van der Waals surface area contributed by atoms with Gasteiger partial charge in [-0.2, -0.15) is 5.10 Å². The molecule has 4 rings (SSSR count). The Bertz CT molecular complexity index is 869. The van der Waals surface area contributed by atoms with Crippen LogP contribution in [0.5, 0.6) is 5.75 Å². The molecule has 3 heterocycles. The maximum atomic E-state index is 5.33. The molecule has 0 saturated carbocycles. The predicted molar refractivity (Wildman–Crippen MR) is 98.2 cm³/mol. The summed E-state index contributed by atoms with van der Waals surface area (Å²) in [4.78, 5) is 11.1. The van der Waals surface area contributed by atoms with Crippen LogP contribution in [0.4, 0.5) is 11.5 Å². The highest BCUT2D eigenvalue weighted by atomic mass is 16.5. The standard InChI is InChI=1S/C18H22N6O/c1-23-18-16(11-21-23)17(19-12-20-18)22-13-6-8-24(9-7-13)14-4-3-5-15(10-14)25-2/h3-5,10-13H,6-9H2,1-2H3,(H,19,20,22). The molecule has 0 bridgehead atoms. The lowest BCUT2D eigenvalue weighted by atomic mass is 10.0. The van der Waals surface area contributed by atoms with Crippen LogP contribution in [-0.2, 0) is 7.05 Å². The van der Waals surface area contributed by atoms with Gasteiger partial charge in [0, 0.05) is 37.9 Å². The van der Waals surface area contributed by atoms with Crippen molar-refractivity contribution in [2.24, 2.45) is 7.05 Å². The normalized spacial score (nSPS) is 15.5. The van der Waals surface area contributed by atoms with Crippen LogP contribution in [0.3, 0.4) is 0 Å². The van der Waals surface area contributed by atoms with E-state index in [0.29, 0.717) is 6.04 Å². The number of nitrogens with one attached hydrogen (secondary N) is 1. The Kier molecular flexibility index (Phi) is 4.13. The van der Waals surface area contributed by atoms with Gasteiger partial charge < -0.3 is 15.0 Å². The van der Waals surface area contributed by atoms with Crippen molar-refractivity contribution >= 4 is 22.5 Å². The van der Waals surface area contributed by atoms with Crippen molar-refractivity contribution in [3.05, 3.63) is 36.8 Å². The lowest BCUT2D eigenvalue weighted by molar-refractivity contribution is 0.414. The molecular weight excluding hydrogens is 316 g/mol. The second-order valence-corrected chi connectivity index (χ2v) is 6.33. The molecule has 1 saturated heterocycles. The molecule has 130 valence electrons. The lowest BCUT2D eigenvalue weighted by Gasteiger charge is -2.34. The molecule has 1 aromatic carbocycles. The van der Waals surface area contributed by atoms with Gasteiger partial charge >= 0.3 is 0 Å². The van der Waals surface area contributed by atoms with Crippen molar-refractivity contribution in [2.75, 3.05) is 30.4 Å². The van der Waals surface area contributed by atoms with Crippen molar-refractivity contribution in [1.82, 2.24) is 19.7 Å². The molecule has 1 aliphatic rings. The zero-order valence-electron chi connectivity index (χ0n) is 14.5. The van der Waals surface area contributed by atoms with E-state index in [9.17, 15) is 0 Å². The third kappa shape index (κ3) is 3.09. The van der Waals surface area contributed by atoms with Crippen LogP contribution in [0.2, 0.25) is 0 Å². The number of methoxy groups -OCH3 is 1. The quantitative estimate of drug-likeness (QED) is 0.788. The van der Waals surface area contributed by atoms with E-state index in [4.69, 9.17) is 4.74 Å². The smallest absolute Gasteiger partial charge is 0.163 e. The molecule has 1 aliphatic heterocycles. The lowest BCUT2D eigenvalue weighted by Crippen LogP contribution is -2.39. The van der Waals surface area contributed by atoms with Crippen LogP contribution in [0, 0.1) is 0 Å². The summed E-state index contributed by atoms with van der Waals surface area (Å²) in [7, 11) is 3.60. The molecule has 3 aromatic rings. The van der Waals surface area contributed by atoms with Crippen LogP contribution < -0.4 is 15.0 Å². The minimum atomic E-state index is 0.403. The Labute approximate surface area is 146 Å². The van der Waals surface area contributed by atoms with Crippen LogP contribution in [-0.4, -0.2) is 46.0 Å². The number of piperidine rings is 1. The van der Waals surface area contributed by atoms with E-state index in [-0.39, 0.29) is 0 Å². The first-order valence-corrected chi connectivity index (χ1v) is 8.53. The van der Waals surface area contributed by atoms with Gasteiger partial charge in [0.05, 0.1) is 18.7 Å². The summed E-state index contributed by atoms with van der Waals surface area (Å²) in [6.45, 7) is 2.01. The predicted octanol–water partition coefficient (Wildman–Crippen LogP) is 2.45. The first-order chi connectivity index (χ1) is 12.2. The number of hydrogen-bond donors (Lipinski definition) is 1. The van der Waals surface area contributed by atoms with Gasteiger partial charge in [0.2, 0.25) is 0 Å². The van der Waals surface area contributed by atoms with E-state index in [2.05, 4.69) is 37.4 Å². The van der Waals surface area contributed by atoms with Crippen LogP contribution in [0.1, 0.15) is 12.8 Å². The van der Waals surface area contributed by atoms with Gasteiger partial charge in [0.1, 0.15) is 17.9 Å². The van der Waals surface area contributed by atoms with E-state index in [0.717, 1.165) is 48.5 Å². The zero-order valence-corrected chi connectivity index (χ0v) is 14.5. The monoisotopic (exact) mass is 338 g/mol. The summed E-state index contributed by atoms with van der Waals surface area (Å²) in [6.07, 6.45) is 5.53. The molecule has 0 spiro atoms. The van der Waals surface area contributed by atoms with Gasteiger partial charge in [0.25, 0.3) is 0 Å². The molecule has 7 nitrogen and oxygen atoms in total. The molecule has 0 aliphatic carbocycles. The minimum Gasteiger partial charge on any atom is -0.497 e. The number of hydrogen-bond acceptors (Lipinski definition) is 6. The first kappa shape index (κ1) is 15.7. The van der Waals surface area contributed by atoms with Crippen molar-refractivity contribution in [2.45, 2.75) is 18.9 Å². The summed E-state index contributed by atoms with van der Waals surface area (Å²) in [5.74, 6) is 1.77. The number of rotatable bonds is 4. The molecule has 25 heavy (non-hydrogen) atoms. The van der Waals surface area contributed by atoms with Gasteiger partial charge in [-0.25, -0.2) is 9.97 Å². The van der Waals surface area contributed by atoms with Crippen molar-refractivity contribution < 1.29 is 4.74 Å². The fourth-order valence-electron chi connectivity index (χ4n) is 3.36. The summed E-state index contributed by atoms with van der Waals surface area (Å²) >= 11 is 0. The number of ether oxygens (including phenoxy) is 1. The molecule has 0 amide bonds. The van der Waals surface area contributed by atoms with Crippen molar-refractivity contribution in [3.63, 3.8) is 0 Å². The van der Waals surface area contributed by atoms with E-state index < -0.39 is 0 Å². The van der Waals surface area contributed by atoms with E-state index >= 15 is 0 Å². The summed E-state index contributed by atoms with van der Waals surface area (Å²) in [5.41, 5.74) is 2.07. The second-order valence-electron chi connectivity index (χ2n) is 6.33. The summed E-state index contributed by atoms with van der Waals surface area (Å²) < 4.78 is 7.10. The molecule has 1 fully saturated rings. The number of anilines is 2. The average molecular weight is 338 g/mol. The Morgan fingerprint density at radius 2 is 2.04 bits per heavy atom. The summed E-state index contributed by atoms with van der Waals surface area (Å²) in [6, 6.07) is 8.65. The zero-order chi connectivity index (χ0) is 17.2. The van der Waals surface area contributed by atoms with E-state index in [1.54, 1.807) is 18.1 Å².